The predicted molar refractivity (Wildman–Crippen MR) is 171 cm³/mol. The summed E-state index contributed by atoms with van der Waals surface area (Å²) >= 11 is 0. The molecular weight excluding hydrogens is 492 g/mol. The van der Waals surface area contributed by atoms with Gasteiger partial charge in [0.2, 0.25) is 0 Å². The van der Waals surface area contributed by atoms with Gasteiger partial charge in [-0.25, -0.2) is 4.79 Å². The van der Waals surface area contributed by atoms with Crippen LogP contribution in [0.2, 0.25) is 0 Å². The number of rotatable bonds is 12. The van der Waals surface area contributed by atoms with E-state index in [4.69, 9.17) is 4.74 Å². The third kappa shape index (κ3) is 6.50. The van der Waals surface area contributed by atoms with Gasteiger partial charge in [-0.2, -0.15) is 0 Å². The van der Waals surface area contributed by atoms with Crippen LogP contribution in [0.15, 0.2) is 36.9 Å². The van der Waals surface area contributed by atoms with E-state index < -0.39 is 5.97 Å². The molecular formula is C37H56O3. The largest absolute Gasteiger partial charge is 0.507 e. The Kier molecular flexibility index (Phi) is 10.2. The summed E-state index contributed by atoms with van der Waals surface area (Å²) < 4.78 is 5.96. The maximum Gasteiger partial charge on any atom is 0.335 e. The van der Waals surface area contributed by atoms with Gasteiger partial charge in [0.15, 0.2) is 0 Å². The van der Waals surface area contributed by atoms with Crippen molar-refractivity contribution in [1.82, 2.24) is 0 Å². The molecule has 0 bridgehead atoms. The fourth-order valence-electron chi connectivity index (χ4n) is 5.37. The van der Waals surface area contributed by atoms with Crippen LogP contribution < -0.4 is 4.74 Å². The van der Waals surface area contributed by atoms with Crippen molar-refractivity contribution in [2.75, 3.05) is 0 Å². The molecule has 1 atom stereocenters. The van der Waals surface area contributed by atoms with Crippen LogP contribution >= 0.6 is 0 Å². The second-order valence-electron chi connectivity index (χ2n) is 14.2. The molecule has 2 aromatic carbocycles. The summed E-state index contributed by atoms with van der Waals surface area (Å²) in [5.74, 6) is 0.186. The Morgan fingerprint density at radius 1 is 0.825 bits per heavy atom. The summed E-state index contributed by atoms with van der Waals surface area (Å²) in [6.45, 7) is 32.7. The molecule has 1 N–H and O–H groups in total. The molecule has 0 saturated heterocycles. The predicted octanol–water partition coefficient (Wildman–Crippen LogP) is 10.4. The van der Waals surface area contributed by atoms with Crippen molar-refractivity contribution in [2.24, 2.45) is 0 Å². The number of phenols is 1. The molecule has 0 heterocycles. The highest BCUT2D eigenvalue weighted by Gasteiger charge is 2.37. The molecule has 3 heteroatoms. The van der Waals surface area contributed by atoms with Gasteiger partial charge in [0.25, 0.3) is 0 Å². The SMILES string of the molecule is C=CC(=O)Oc1ccc(C(C)(C)CC)c(C(C)(C)CC)c1C(C)c1cc(C(C)(C)CC)cc(C(C)(C)CC)c1O. The van der Waals surface area contributed by atoms with Gasteiger partial charge in [-0.05, 0) is 70.1 Å². The van der Waals surface area contributed by atoms with Crippen molar-refractivity contribution >= 4 is 5.97 Å². The molecule has 0 saturated carbocycles. The lowest BCUT2D eigenvalue weighted by atomic mass is 9.67. The summed E-state index contributed by atoms with van der Waals surface area (Å²) in [4.78, 5) is 12.6. The standard InChI is InChI=1S/C37H56O3/c1-15-30(38)40-29-21-20-27(35(9,10)17-3)32(37(13,14)19-5)31(29)24(6)26-22-25(34(7,8)16-2)23-28(33(26)39)36(11,12)18-4/h15,20-24,39H,1,16-19H2,2-14H3. The molecule has 0 aliphatic rings. The third-order valence-electron chi connectivity index (χ3n) is 10.1. The second-order valence-corrected chi connectivity index (χ2v) is 14.2. The third-order valence-corrected chi connectivity index (χ3v) is 10.1. The van der Waals surface area contributed by atoms with Gasteiger partial charge in [0.05, 0.1) is 0 Å². The van der Waals surface area contributed by atoms with Gasteiger partial charge in [0, 0.05) is 28.7 Å². The summed E-state index contributed by atoms with van der Waals surface area (Å²) in [5, 5.41) is 12.0. The number of ether oxygens (including phenoxy) is 1. The molecule has 2 rings (SSSR count). The van der Waals surface area contributed by atoms with Crippen LogP contribution in [0.25, 0.3) is 0 Å². The Labute approximate surface area is 245 Å². The zero-order valence-corrected chi connectivity index (χ0v) is 27.8. The van der Waals surface area contributed by atoms with Gasteiger partial charge < -0.3 is 9.84 Å². The molecule has 3 nitrogen and oxygen atoms in total. The quantitative estimate of drug-likeness (QED) is 0.163. The summed E-state index contributed by atoms with van der Waals surface area (Å²) in [6.07, 6.45) is 4.99. The molecule has 0 aliphatic carbocycles. The van der Waals surface area contributed by atoms with Crippen LogP contribution in [0.4, 0.5) is 0 Å². The molecule has 0 aliphatic heterocycles. The summed E-state index contributed by atoms with van der Waals surface area (Å²) in [6, 6.07) is 8.49. The topological polar surface area (TPSA) is 46.5 Å². The van der Waals surface area contributed by atoms with Crippen molar-refractivity contribution in [3.05, 3.63) is 70.3 Å². The lowest BCUT2D eigenvalue weighted by molar-refractivity contribution is -0.129. The monoisotopic (exact) mass is 548 g/mol. The first-order valence-electron chi connectivity index (χ1n) is 15.2. The lowest BCUT2D eigenvalue weighted by Gasteiger charge is -2.38. The average molecular weight is 549 g/mol. The van der Waals surface area contributed by atoms with E-state index >= 15 is 0 Å². The first-order chi connectivity index (χ1) is 18.3. The minimum absolute atomic E-state index is 0.0591. The first-order valence-corrected chi connectivity index (χ1v) is 15.2. The Hall–Kier alpha value is -2.55. The van der Waals surface area contributed by atoms with Crippen molar-refractivity contribution in [1.29, 1.82) is 0 Å². The van der Waals surface area contributed by atoms with E-state index in [0.29, 0.717) is 11.5 Å². The van der Waals surface area contributed by atoms with Crippen molar-refractivity contribution in [2.45, 2.75) is 143 Å². The van der Waals surface area contributed by atoms with Crippen molar-refractivity contribution in [3.63, 3.8) is 0 Å². The highest BCUT2D eigenvalue weighted by Crippen LogP contribution is 2.50. The number of benzene rings is 2. The number of carbonyl (C=O) groups excluding carboxylic acids is 1. The fraction of sp³-hybridized carbons (Fsp3) is 0.595. The molecule has 1 unspecified atom stereocenters. The minimum Gasteiger partial charge on any atom is -0.507 e. The van der Waals surface area contributed by atoms with Gasteiger partial charge in [-0.1, -0.05) is 115 Å². The van der Waals surface area contributed by atoms with Gasteiger partial charge >= 0.3 is 5.97 Å². The maximum absolute atomic E-state index is 12.6. The van der Waals surface area contributed by atoms with Gasteiger partial charge in [-0.15, -0.1) is 0 Å². The Morgan fingerprint density at radius 2 is 1.32 bits per heavy atom. The van der Waals surface area contributed by atoms with E-state index in [1.807, 2.05) is 6.07 Å². The van der Waals surface area contributed by atoms with Gasteiger partial charge in [0.1, 0.15) is 11.5 Å². The maximum atomic E-state index is 12.6. The first kappa shape index (κ1) is 33.7. The Balaban J connectivity index is 3.16. The van der Waals surface area contributed by atoms with Crippen LogP contribution in [-0.4, -0.2) is 11.1 Å². The Bertz CT molecular complexity index is 1230. The van der Waals surface area contributed by atoms with E-state index in [1.54, 1.807) is 0 Å². The van der Waals surface area contributed by atoms with Crippen LogP contribution in [0.3, 0.4) is 0 Å². The van der Waals surface area contributed by atoms with E-state index in [-0.39, 0.29) is 27.6 Å². The zero-order chi connectivity index (χ0) is 30.8. The number of phenolic OH excluding ortho intramolecular Hbond substituents is 1. The minimum atomic E-state index is -0.478. The van der Waals surface area contributed by atoms with Crippen molar-refractivity contribution < 1.29 is 14.6 Å². The number of carbonyl (C=O) groups is 1. The molecule has 0 spiro atoms. The van der Waals surface area contributed by atoms with Gasteiger partial charge in [-0.3, -0.25) is 0 Å². The molecule has 40 heavy (non-hydrogen) atoms. The van der Waals surface area contributed by atoms with Crippen LogP contribution in [0.1, 0.15) is 155 Å². The van der Waals surface area contributed by atoms with Crippen LogP contribution in [0.5, 0.6) is 11.5 Å². The molecule has 0 aromatic heterocycles. The molecule has 0 radical (unpaired) electrons. The molecule has 2 aromatic rings. The second kappa shape index (κ2) is 12.1. The number of esters is 1. The zero-order valence-electron chi connectivity index (χ0n) is 27.8. The van der Waals surface area contributed by atoms with Crippen LogP contribution in [-0.2, 0) is 26.5 Å². The lowest BCUT2D eigenvalue weighted by Crippen LogP contribution is -2.29. The van der Waals surface area contributed by atoms with E-state index in [2.05, 4.69) is 115 Å². The van der Waals surface area contributed by atoms with E-state index in [9.17, 15) is 9.90 Å². The smallest absolute Gasteiger partial charge is 0.335 e. The average Bonchev–Trinajstić information content (AvgIpc) is 2.91. The Morgan fingerprint density at radius 3 is 1.80 bits per heavy atom. The fourth-order valence-corrected chi connectivity index (χ4v) is 5.37. The van der Waals surface area contributed by atoms with E-state index in [0.717, 1.165) is 42.4 Å². The molecule has 0 fully saturated rings. The number of hydrogen-bond donors (Lipinski definition) is 1. The molecule has 0 amide bonds. The van der Waals surface area contributed by atoms with E-state index in [1.165, 1.54) is 22.8 Å². The highest BCUT2D eigenvalue weighted by molar-refractivity contribution is 5.84. The van der Waals surface area contributed by atoms with Crippen LogP contribution in [0, 0.1) is 0 Å². The number of hydrogen-bond acceptors (Lipinski definition) is 3. The number of aromatic hydroxyl groups is 1. The normalized spacial score (nSPS) is 13.7. The molecule has 222 valence electrons. The highest BCUT2D eigenvalue weighted by atomic mass is 16.5. The summed E-state index contributed by atoms with van der Waals surface area (Å²) in [7, 11) is 0. The van der Waals surface area contributed by atoms with Crippen molar-refractivity contribution in [3.8, 4) is 11.5 Å². The summed E-state index contributed by atoms with van der Waals surface area (Å²) in [5.41, 5.74) is 5.99.